The molecular weight excluding hydrogens is 455 g/mol. The number of sulfone groups is 1. The van der Waals surface area contributed by atoms with Crippen LogP contribution in [0.2, 0.25) is 0 Å². The molecule has 1 aliphatic rings. The predicted octanol–water partition coefficient (Wildman–Crippen LogP) is 3.58. The van der Waals surface area contributed by atoms with Gasteiger partial charge in [-0.15, -0.1) is 0 Å². The van der Waals surface area contributed by atoms with E-state index in [0.717, 1.165) is 18.2 Å². The number of guanidine groups is 1. The monoisotopic (exact) mass is 488 g/mol. The van der Waals surface area contributed by atoms with Gasteiger partial charge in [0.25, 0.3) is 5.91 Å². The lowest BCUT2D eigenvalue weighted by Gasteiger charge is -2.27. The van der Waals surface area contributed by atoms with E-state index < -0.39 is 15.7 Å². The highest BCUT2D eigenvalue weighted by molar-refractivity contribution is 7.90. The zero-order chi connectivity index (χ0) is 25.1. The van der Waals surface area contributed by atoms with Crippen LogP contribution < -0.4 is 16.0 Å². The highest BCUT2D eigenvalue weighted by Crippen LogP contribution is 2.38. The molecule has 0 aliphatic carbocycles. The van der Waals surface area contributed by atoms with Crippen LogP contribution in [0.5, 0.6) is 0 Å². The van der Waals surface area contributed by atoms with Gasteiger partial charge >= 0.3 is 0 Å². The van der Waals surface area contributed by atoms with Gasteiger partial charge in [0.2, 0.25) is 0 Å². The molecule has 3 N–H and O–H groups in total. The molecule has 34 heavy (non-hydrogen) atoms. The standard InChI is InChI=1S/C25H33FN4O3S/c1-6-16(2)27-24(29-23(31)18-8-7-9-20(14-18)34(5,32)33)28-22-15-21(25(3,4)30-22)17-10-12-19(26)13-11-17/h7-14,16,21-22,30H,6,15H2,1-5H3,(H2,27,28,29,31). The Hall–Kier alpha value is -2.78. The summed E-state index contributed by atoms with van der Waals surface area (Å²) in [5, 5.41) is 9.55. The van der Waals surface area contributed by atoms with Crippen molar-refractivity contribution < 1.29 is 17.6 Å². The van der Waals surface area contributed by atoms with E-state index in [1.807, 2.05) is 13.8 Å². The lowest BCUT2D eigenvalue weighted by Crippen LogP contribution is -2.47. The molecule has 0 saturated carbocycles. The number of carbonyl (C=O) groups excluding carboxylic acids is 1. The molecule has 0 radical (unpaired) electrons. The first kappa shape index (κ1) is 25.8. The number of aliphatic imine (C=N–C) groups is 1. The van der Waals surface area contributed by atoms with Crippen molar-refractivity contribution in [1.82, 2.24) is 16.0 Å². The highest BCUT2D eigenvalue weighted by Gasteiger charge is 2.41. The molecule has 9 heteroatoms. The number of carbonyl (C=O) groups is 1. The summed E-state index contributed by atoms with van der Waals surface area (Å²) in [5.41, 5.74) is 0.960. The Kier molecular flexibility index (Phi) is 7.77. The molecule has 1 aliphatic heterocycles. The predicted molar refractivity (Wildman–Crippen MR) is 132 cm³/mol. The lowest BCUT2D eigenvalue weighted by atomic mass is 9.83. The first-order valence-electron chi connectivity index (χ1n) is 11.4. The molecule has 3 unspecified atom stereocenters. The van der Waals surface area contributed by atoms with Gasteiger partial charge in [-0.3, -0.25) is 15.4 Å². The third-order valence-electron chi connectivity index (χ3n) is 6.18. The quantitative estimate of drug-likeness (QED) is 0.426. The van der Waals surface area contributed by atoms with Gasteiger partial charge in [-0.25, -0.2) is 17.8 Å². The lowest BCUT2D eigenvalue weighted by molar-refractivity contribution is 0.0975. The Balaban J connectivity index is 1.84. The molecule has 2 aromatic rings. The van der Waals surface area contributed by atoms with Crippen LogP contribution >= 0.6 is 0 Å². The molecule has 184 valence electrons. The number of rotatable bonds is 6. The summed E-state index contributed by atoms with van der Waals surface area (Å²) in [4.78, 5) is 17.8. The second-order valence-corrected chi connectivity index (χ2v) is 11.4. The first-order chi connectivity index (χ1) is 15.9. The zero-order valence-electron chi connectivity index (χ0n) is 20.2. The van der Waals surface area contributed by atoms with Crippen LogP contribution in [0.25, 0.3) is 0 Å². The van der Waals surface area contributed by atoms with E-state index in [-0.39, 0.29) is 39.9 Å². The number of hydrogen-bond donors (Lipinski definition) is 3. The van der Waals surface area contributed by atoms with Gasteiger partial charge in [-0.05, 0) is 69.5 Å². The third-order valence-corrected chi connectivity index (χ3v) is 7.29. The van der Waals surface area contributed by atoms with Crippen LogP contribution in [0, 0.1) is 5.82 Å². The minimum Gasteiger partial charge on any atom is -0.354 e. The summed E-state index contributed by atoms with van der Waals surface area (Å²) in [6, 6.07) is 12.5. The van der Waals surface area contributed by atoms with Crippen LogP contribution in [0.15, 0.2) is 58.4 Å². The van der Waals surface area contributed by atoms with Crippen molar-refractivity contribution in [2.75, 3.05) is 6.26 Å². The topological polar surface area (TPSA) is 99.7 Å². The normalized spacial score (nSPS) is 21.2. The fourth-order valence-electron chi connectivity index (χ4n) is 4.08. The molecule has 3 atom stereocenters. The molecule has 1 saturated heterocycles. The molecule has 1 heterocycles. The number of halogens is 1. The Morgan fingerprint density at radius 1 is 1.24 bits per heavy atom. The molecular formula is C25H33FN4O3S. The summed E-state index contributed by atoms with van der Waals surface area (Å²) in [5.74, 6) is -0.303. The number of amides is 1. The summed E-state index contributed by atoms with van der Waals surface area (Å²) >= 11 is 0. The third kappa shape index (κ3) is 6.42. The van der Waals surface area contributed by atoms with Gasteiger partial charge in [0.05, 0.1) is 4.90 Å². The maximum absolute atomic E-state index is 13.4. The zero-order valence-corrected chi connectivity index (χ0v) is 21.0. The molecule has 1 amide bonds. The molecule has 2 aromatic carbocycles. The van der Waals surface area contributed by atoms with Crippen molar-refractivity contribution in [2.45, 2.75) is 69.1 Å². The Bertz CT molecular complexity index is 1160. The smallest absolute Gasteiger partial charge is 0.257 e. The number of nitrogens with one attached hydrogen (secondary N) is 3. The maximum atomic E-state index is 13.4. The first-order valence-corrected chi connectivity index (χ1v) is 13.3. The van der Waals surface area contributed by atoms with E-state index in [2.05, 4.69) is 29.8 Å². The van der Waals surface area contributed by atoms with E-state index in [9.17, 15) is 17.6 Å². The summed E-state index contributed by atoms with van der Waals surface area (Å²) in [6.07, 6.45) is 2.32. The average Bonchev–Trinajstić information content (AvgIpc) is 3.07. The van der Waals surface area contributed by atoms with Gasteiger partial charge < -0.3 is 5.32 Å². The summed E-state index contributed by atoms with van der Waals surface area (Å²) in [7, 11) is -3.44. The van der Waals surface area contributed by atoms with Crippen molar-refractivity contribution in [3.63, 3.8) is 0 Å². The number of benzene rings is 2. The number of hydrogen-bond acceptors (Lipinski definition) is 5. The fraction of sp³-hybridized carbons (Fsp3) is 0.440. The Morgan fingerprint density at radius 2 is 1.91 bits per heavy atom. The van der Waals surface area contributed by atoms with E-state index in [1.54, 1.807) is 24.3 Å². The van der Waals surface area contributed by atoms with Crippen LogP contribution in [0.4, 0.5) is 4.39 Å². The summed E-state index contributed by atoms with van der Waals surface area (Å²) < 4.78 is 37.2. The highest BCUT2D eigenvalue weighted by atomic mass is 32.2. The van der Waals surface area contributed by atoms with Gasteiger partial charge in [-0.1, -0.05) is 25.1 Å². The number of nitrogens with zero attached hydrogens (tertiary/aromatic N) is 1. The maximum Gasteiger partial charge on any atom is 0.257 e. The molecule has 0 spiro atoms. The van der Waals surface area contributed by atoms with Crippen molar-refractivity contribution in [3.8, 4) is 0 Å². The molecule has 0 aromatic heterocycles. The Morgan fingerprint density at radius 3 is 2.53 bits per heavy atom. The van der Waals surface area contributed by atoms with Gasteiger partial charge in [0.1, 0.15) is 12.0 Å². The van der Waals surface area contributed by atoms with Crippen molar-refractivity contribution in [3.05, 3.63) is 65.5 Å². The van der Waals surface area contributed by atoms with Gasteiger partial charge in [0, 0.05) is 29.3 Å². The van der Waals surface area contributed by atoms with E-state index >= 15 is 0 Å². The average molecular weight is 489 g/mol. The van der Waals surface area contributed by atoms with Crippen LogP contribution in [0.1, 0.15) is 62.4 Å². The minimum atomic E-state index is -3.44. The van der Waals surface area contributed by atoms with Crippen LogP contribution in [-0.2, 0) is 9.84 Å². The molecule has 1 fully saturated rings. The van der Waals surface area contributed by atoms with Crippen LogP contribution in [-0.4, -0.2) is 44.3 Å². The van der Waals surface area contributed by atoms with E-state index in [1.165, 1.54) is 24.3 Å². The second-order valence-electron chi connectivity index (χ2n) is 9.41. The molecule has 3 rings (SSSR count). The Labute approximate surface area is 201 Å². The molecule has 0 bridgehead atoms. The fourth-order valence-corrected chi connectivity index (χ4v) is 4.75. The minimum absolute atomic E-state index is 0.0590. The SMILES string of the molecule is CCC(C)NC(=NC1CC(c2ccc(F)cc2)C(C)(C)N1)NC(=O)c1cccc(S(C)(=O)=O)c1. The van der Waals surface area contributed by atoms with E-state index in [0.29, 0.717) is 12.4 Å². The molecule has 7 nitrogen and oxygen atoms in total. The van der Waals surface area contributed by atoms with Gasteiger partial charge in [-0.2, -0.15) is 0 Å². The summed E-state index contributed by atoms with van der Waals surface area (Å²) in [6.45, 7) is 8.16. The van der Waals surface area contributed by atoms with Crippen molar-refractivity contribution in [2.24, 2.45) is 4.99 Å². The largest absolute Gasteiger partial charge is 0.354 e. The van der Waals surface area contributed by atoms with Crippen molar-refractivity contribution >= 4 is 21.7 Å². The van der Waals surface area contributed by atoms with Crippen molar-refractivity contribution in [1.29, 1.82) is 0 Å². The van der Waals surface area contributed by atoms with Gasteiger partial charge in [0.15, 0.2) is 15.8 Å². The van der Waals surface area contributed by atoms with E-state index in [4.69, 9.17) is 4.99 Å². The second kappa shape index (κ2) is 10.2. The van der Waals surface area contributed by atoms with Crippen LogP contribution in [0.3, 0.4) is 0 Å².